The van der Waals surface area contributed by atoms with Gasteiger partial charge in [-0.05, 0) is 0 Å². The molecule has 0 saturated carbocycles. The Morgan fingerprint density at radius 3 is 0.731 bits per heavy atom. The molecule has 0 atom stereocenters. The van der Waals surface area contributed by atoms with Crippen molar-refractivity contribution in [1.82, 2.24) is 0 Å². The Balaban J connectivity index is 2.40. The molecule has 0 saturated heterocycles. The maximum absolute atomic E-state index is 2.59. The molecule has 0 spiro atoms. The lowest BCUT2D eigenvalue weighted by Crippen LogP contribution is -2.69. The molecule has 2 aromatic carbocycles. The molecule has 2 aromatic rings. The molecule has 0 bridgehead atoms. The van der Waals surface area contributed by atoms with E-state index in [4.69, 9.17) is 0 Å². The van der Waals surface area contributed by atoms with E-state index in [1.165, 1.54) is 0 Å². The van der Waals surface area contributed by atoms with Crippen molar-refractivity contribution >= 4 is 52.1 Å². The van der Waals surface area contributed by atoms with Gasteiger partial charge < -0.3 is 0 Å². The molecule has 0 aliphatic carbocycles. The van der Waals surface area contributed by atoms with Crippen molar-refractivity contribution in [1.29, 1.82) is 0 Å². The fourth-order valence-electron chi connectivity index (χ4n) is 3.50. The molecule has 0 unspecified atom stereocenters. The van der Waals surface area contributed by atoms with Crippen molar-refractivity contribution in [2.75, 3.05) is 0 Å². The Kier molecular flexibility index (Phi) is 5.85. The molecular weight excluding hydrogens is 377 g/mol. The van der Waals surface area contributed by atoms with Crippen molar-refractivity contribution in [3.63, 3.8) is 0 Å². The first kappa shape index (κ1) is 21.6. The maximum atomic E-state index is 2.59. The monoisotopic (exact) mass is 414 g/mol. The lowest BCUT2D eigenvalue weighted by Gasteiger charge is -2.39. The predicted octanol–water partition coefficient (Wildman–Crippen LogP) is 4.39. The smallest absolute Gasteiger partial charge is 0.0671 e. The third-order valence-corrected chi connectivity index (χ3v) is 28.4. The van der Waals surface area contributed by atoms with Crippen LogP contribution in [-0.4, -0.2) is 31.3 Å². The van der Waals surface area contributed by atoms with Crippen LogP contribution in [0.1, 0.15) is 0 Å². The minimum atomic E-state index is -1.53. The summed E-state index contributed by atoms with van der Waals surface area (Å²) in [6.07, 6.45) is 0. The van der Waals surface area contributed by atoms with E-state index in [2.05, 4.69) is 114 Å². The van der Waals surface area contributed by atoms with Crippen LogP contribution < -0.4 is 20.7 Å². The second-order valence-corrected chi connectivity index (χ2v) is 36.2. The van der Waals surface area contributed by atoms with Crippen LogP contribution in [0.4, 0.5) is 0 Å². The quantitative estimate of drug-likeness (QED) is 0.637. The van der Waals surface area contributed by atoms with Crippen molar-refractivity contribution in [2.45, 2.75) is 65.5 Å². The summed E-state index contributed by atoms with van der Waals surface area (Å²) in [5.74, 6) is 0. The molecule has 0 heterocycles. The summed E-state index contributed by atoms with van der Waals surface area (Å²) in [5.41, 5.74) is 0. The SMILES string of the molecule is C[Si](C)(C)c1ccc([Si](C)(C)[Si](C)(C)c2ccc([Si](C)(C)C)cc2)cc1. The van der Waals surface area contributed by atoms with E-state index >= 15 is 0 Å². The number of hydrogen-bond acceptors (Lipinski definition) is 0. The molecule has 4 heteroatoms. The van der Waals surface area contributed by atoms with Gasteiger partial charge in [0.1, 0.15) is 0 Å². The van der Waals surface area contributed by atoms with E-state index in [1.54, 1.807) is 20.7 Å². The molecule has 26 heavy (non-hydrogen) atoms. The third kappa shape index (κ3) is 4.24. The van der Waals surface area contributed by atoms with Gasteiger partial charge in [-0.15, -0.1) is 0 Å². The van der Waals surface area contributed by atoms with E-state index in [-0.39, 0.29) is 0 Å². The van der Waals surface area contributed by atoms with Gasteiger partial charge in [0, 0.05) is 0 Å². The van der Waals surface area contributed by atoms with Gasteiger partial charge in [0.05, 0.1) is 31.3 Å². The predicted molar refractivity (Wildman–Crippen MR) is 133 cm³/mol. The highest BCUT2D eigenvalue weighted by atomic mass is 29.3. The van der Waals surface area contributed by atoms with Crippen molar-refractivity contribution < 1.29 is 0 Å². The molecule has 2 rings (SSSR count). The minimum Gasteiger partial charge on any atom is -0.0671 e. The minimum absolute atomic E-state index is 1.22. The van der Waals surface area contributed by atoms with Gasteiger partial charge in [0.25, 0.3) is 0 Å². The molecule has 0 aliphatic rings. The molecule has 0 aliphatic heterocycles. The third-order valence-electron chi connectivity index (χ3n) is 6.51. The zero-order valence-electron chi connectivity index (χ0n) is 18.6. The summed E-state index contributed by atoms with van der Waals surface area (Å²) in [7, 11) is -5.49. The lowest BCUT2D eigenvalue weighted by molar-refractivity contribution is 1.66. The Hall–Kier alpha value is -0.692. The van der Waals surface area contributed by atoms with Gasteiger partial charge in [0.2, 0.25) is 0 Å². The average molecular weight is 415 g/mol. The van der Waals surface area contributed by atoms with Gasteiger partial charge in [-0.2, -0.15) is 0 Å². The fourth-order valence-corrected chi connectivity index (χ4v) is 14.6. The van der Waals surface area contributed by atoms with E-state index in [1.807, 2.05) is 0 Å². The largest absolute Gasteiger partial charge is 0.0791 e. The van der Waals surface area contributed by atoms with Crippen LogP contribution in [0.25, 0.3) is 0 Å². The lowest BCUT2D eigenvalue weighted by atomic mass is 10.4. The van der Waals surface area contributed by atoms with Crippen LogP contribution in [0.5, 0.6) is 0 Å². The summed E-state index contributed by atoms with van der Waals surface area (Å²) in [5, 5.41) is 6.41. The summed E-state index contributed by atoms with van der Waals surface area (Å²) in [6.45, 7) is 25.0. The van der Waals surface area contributed by atoms with Crippen LogP contribution in [0.3, 0.4) is 0 Å². The Bertz CT molecular complexity index is 675. The molecule has 0 aromatic heterocycles. The van der Waals surface area contributed by atoms with Crippen LogP contribution in [0.2, 0.25) is 65.5 Å². The molecule has 0 nitrogen and oxygen atoms in total. The molecule has 0 amide bonds. The maximum Gasteiger partial charge on any atom is 0.0791 e. The van der Waals surface area contributed by atoms with Crippen LogP contribution in [0, 0.1) is 0 Å². The highest BCUT2D eigenvalue weighted by Gasteiger charge is 2.43. The highest BCUT2D eigenvalue weighted by molar-refractivity contribution is 7.50. The Labute approximate surface area is 165 Å². The van der Waals surface area contributed by atoms with E-state index in [0.717, 1.165) is 0 Å². The van der Waals surface area contributed by atoms with Gasteiger partial charge in [0.15, 0.2) is 0 Å². The summed E-state index contributed by atoms with van der Waals surface area (Å²) in [6, 6.07) is 19.6. The van der Waals surface area contributed by atoms with Crippen molar-refractivity contribution in [2.24, 2.45) is 0 Å². The Morgan fingerprint density at radius 1 is 0.346 bits per heavy atom. The van der Waals surface area contributed by atoms with Crippen LogP contribution in [-0.2, 0) is 0 Å². The summed E-state index contributed by atoms with van der Waals surface area (Å²) < 4.78 is 0. The van der Waals surface area contributed by atoms with E-state index in [0.29, 0.717) is 0 Å². The van der Waals surface area contributed by atoms with Gasteiger partial charge in [-0.3, -0.25) is 0 Å². The molecule has 142 valence electrons. The van der Waals surface area contributed by atoms with Gasteiger partial charge >= 0.3 is 0 Å². The van der Waals surface area contributed by atoms with Gasteiger partial charge in [-0.25, -0.2) is 0 Å². The first-order valence-corrected chi connectivity index (χ1v) is 23.9. The molecule has 0 N–H and O–H groups in total. The normalized spacial score (nSPS) is 13.8. The van der Waals surface area contributed by atoms with E-state index in [9.17, 15) is 0 Å². The highest BCUT2D eigenvalue weighted by Crippen LogP contribution is 2.19. The average Bonchev–Trinajstić information content (AvgIpc) is 2.53. The zero-order chi connectivity index (χ0) is 20.0. The van der Waals surface area contributed by atoms with Crippen molar-refractivity contribution in [3.05, 3.63) is 48.5 Å². The zero-order valence-corrected chi connectivity index (χ0v) is 22.6. The molecule has 0 fully saturated rings. The first-order valence-electron chi connectivity index (χ1n) is 9.89. The second kappa shape index (κ2) is 7.04. The Morgan fingerprint density at radius 2 is 0.538 bits per heavy atom. The number of rotatable bonds is 5. The van der Waals surface area contributed by atoms with Gasteiger partial charge in [-0.1, -0.05) is 135 Å². The fraction of sp³-hybridized carbons (Fsp3) is 0.455. The first-order chi connectivity index (χ1) is 11.7. The van der Waals surface area contributed by atoms with Crippen molar-refractivity contribution in [3.8, 4) is 0 Å². The summed E-state index contributed by atoms with van der Waals surface area (Å²) in [4.78, 5) is 0. The molecule has 0 radical (unpaired) electrons. The summed E-state index contributed by atoms with van der Waals surface area (Å²) >= 11 is 0. The van der Waals surface area contributed by atoms with Crippen LogP contribution in [0.15, 0.2) is 48.5 Å². The molecular formula is C22H38Si4. The standard InChI is InChI=1S/C22H38Si4/c1-23(2,3)19-11-15-21(16-12-19)25(7,8)26(9,10)22-17-13-20(14-18-22)24(4,5)6/h11-18H,1-10H3. The van der Waals surface area contributed by atoms with E-state index < -0.39 is 31.3 Å². The second-order valence-electron chi connectivity index (χ2n) is 10.9. The number of hydrogen-bond donors (Lipinski definition) is 0. The number of benzene rings is 2. The van der Waals surface area contributed by atoms with Crippen LogP contribution >= 0.6 is 0 Å². The topological polar surface area (TPSA) is 0 Å².